The summed E-state index contributed by atoms with van der Waals surface area (Å²) >= 11 is 0. The SMILES string of the molecule is CC(C)[C@@H](NCCCN1C(=O)c2ccccc2C1=O)c1nc2ccccc2n1Cc1ccccc1. The Balaban J connectivity index is 1.32. The van der Waals surface area contributed by atoms with Crippen molar-refractivity contribution in [2.24, 2.45) is 5.92 Å². The van der Waals surface area contributed by atoms with Crippen molar-refractivity contribution in [2.75, 3.05) is 13.1 Å². The highest BCUT2D eigenvalue weighted by Crippen LogP contribution is 2.27. The van der Waals surface area contributed by atoms with E-state index in [-0.39, 0.29) is 17.9 Å². The van der Waals surface area contributed by atoms with Gasteiger partial charge in [0.2, 0.25) is 0 Å². The van der Waals surface area contributed by atoms with Crippen LogP contribution in [0.5, 0.6) is 0 Å². The first-order chi connectivity index (χ1) is 17.0. The van der Waals surface area contributed by atoms with E-state index in [0.717, 1.165) is 23.4 Å². The van der Waals surface area contributed by atoms with Gasteiger partial charge < -0.3 is 9.88 Å². The molecule has 0 spiro atoms. The number of hydrogen-bond donors (Lipinski definition) is 1. The van der Waals surface area contributed by atoms with Gasteiger partial charge in [-0.3, -0.25) is 14.5 Å². The summed E-state index contributed by atoms with van der Waals surface area (Å²) in [4.78, 5) is 31.7. The number of para-hydroxylation sites is 2. The topological polar surface area (TPSA) is 67.2 Å². The largest absolute Gasteiger partial charge is 0.322 e. The third-order valence-electron chi connectivity index (χ3n) is 6.61. The maximum atomic E-state index is 12.7. The molecule has 178 valence electrons. The molecular weight excluding hydrogens is 436 g/mol. The van der Waals surface area contributed by atoms with E-state index in [1.807, 2.05) is 12.1 Å². The van der Waals surface area contributed by atoms with Crippen LogP contribution >= 0.6 is 0 Å². The summed E-state index contributed by atoms with van der Waals surface area (Å²) in [6.07, 6.45) is 0.674. The second kappa shape index (κ2) is 9.84. The number of fused-ring (bicyclic) bond motifs is 2. The van der Waals surface area contributed by atoms with E-state index < -0.39 is 0 Å². The Morgan fingerprint density at radius 1 is 0.829 bits per heavy atom. The van der Waals surface area contributed by atoms with Crippen LogP contribution in [0.1, 0.15) is 58.4 Å². The fourth-order valence-corrected chi connectivity index (χ4v) is 4.83. The van der Waals surface area contributed by atoms with E-state index >= 15 is 0 Å². The molecule has 0 saturated carbocycles. The Hall–Kier alpha value is -3.77. The molecule has 0 aliphatic carbocycles. The van der Waals surface area contributed by atoms with E-state index in [9.17, 15) is 9.59 Å². The maximum Gasteiger partial charge on any atom is 0.261 e. The van der Waals surface area contributed by atoms with Crippen LogP contribution in [0.25, 0.3) is 11.0 Å². The van der Waals surface area contributed by atoms with Gasteiger partial charge in [0.25, 0.3) is 11.8 Å². The molecule has 5 rings (SSSR count). The van der Waals surface area contributed by atoms with Crippen molar-refractivity contribution >= 4 is 22.8 Å². The summed E-state index contributed by atoms with van der Waals surface area (Å²) in [5.74, 6) is 0.915. The van der Waals surface area contributed by atoms with Crippen LogP contribution in [0.15, 0.2) is 78.9 Å². The molecule has 3 aromatic carbocycles. The number of imide groups is 1. The highest BCUT2D eigenvalue weighted by atomic mass is 16.2. The van der Waals surface area contributed by atoms with Crippen molar-refractivity contribution in [3.8, 4) is 0 Å². The minimum atomic E-state index is -0.198. The van der Waals surface area contributed by atoms with Gasteiger partial charge in [-0.05, 0) is 48.7 Å². The summed E-state index contributed by atoms with van der Waals surface area (Å²) in [5.41, 5.74) is 4.33. The summed E-state index contributed by atoms with van der Waals surface area (Å²) in [7, 11) is 0. The van der Waals surface area contributed by atoms with E-state index in [0.29, 0.717) is 36.6 Å². The molecule has 1 N–H and O–H groups in total. The van der Waals surface area contributed by atoms with Crippen LogP contribution in [-0.4, -0.2) is 39.4 Å². The van der Waals surface area contributed by atoms with Crippen LogP contribution in [0.3, 0.4) is 0 Å². The van der Waals surface area contributed by atoms with Crippen molar-refractivity contribution in [3.63, 3.8) is 0 Å². The molecule has 0 saturated heterocycles. The number of amides is 2. The van der Waals surface area contributed by atoms with Crippen molar-refractivity contribution in [2.45, 2.75) is 32.9 Å². The van der Waals surface area contributed by atoms with Crippen LogP contribution < -0.4 is 5.32 Å². The van der Waals surface area contributed by atoms with Gasteiger partial charge in [0.15, 0.2) is 0 Å². The summed E-state index contributed by atoms with van der Waals surface area (Å²) in [6.45, 7) is 6.19. The Bertz CT molecular complexity index is 1320. The van der Waals surface area contributed by atoms with E-state index in [1.165, 1.54) is 10.5 Å². The number of imidazole rings is 1. The molecule has 1 aromatic heterocycles. The highest BCUT2D eigenvalue weighted by molar-refractivity contribution is 6.21. The molecule has 6 nitrogen and oxygen atoms in total. The molecular formula is C29H30N4O2. The normalized spacial score (nSPS) is 14.2. The fourth-order valence-electron chi connectivity index (χ4n) is 4.83. The van der Waals surface area contributed by atoms with Gasteiger partial charge in [-0.15, -0.1) is 0 Å². The lowest BCUT2D eigenvalue weighted by atomic mass is 10.0. The molecule has 0 radical (unpaired) electrons. The zero-order valence-corrected chi connectivity index (χ0v) is 20.1. The lowest BCUT2D eigenvalue weighted by Crippen LogP contribution is -2.34. The van der Waals surface area contributed by atoms with E-state index in [4.69, 9.17) is 4.98 Å². The lowest BCUT2D eigenvalue weighted by molar-refractivity contribution is 0.0652. The van der Waals surface area contributed by atoms with Crippen molar-refractivity contribution < 1.29 is 9.59 Å². The molecule has 1 aliphatic heterocycles. The molecule has 0 bridgehead atoms. The number of nitrogens with one attached hydrogen (secondary N) is 1. The van der Waals surface area contributed by atoms with Gasteiger partial charge in [0.1, 0.15) is 5.82 Å². The molecule has 2 heterocycles. The number of hydrogen-bond acceptors (Lipinski definition) is 4. The van der Waals surface area contributed by atoms with Crippen molar-refractivity contribution in [1.29, 1.82) is 0 Å². The lowest BCUT2D eigenvalue weighted by Gasteiger charge is -2.24. The van der Waals surface area contributed by atoms with Crippen molar-refractivity contribution in [1.82, 2.24) is 19.8 Å². The summed E-state index contributed by atoms with van der Waals surface area (Å²) in [6, 6.07) is 25.7. The van der Waals surface area contributed by atoms with Gasteiger partial charge >= 0.3 is 0 Å². The van der Waals surface area contributed by atoms with Crippen LogP contribution in [0, 0.1) is 5.92 Å². The number of aromatic nitrogens is 2. The smallest absolute Gasteiger partial charge is 0.261 e. The van der Waals surface area contributed by atoms with Gasteiger partial charge in [-0.1, -0.05) is 68.4 Å². The highest BCUT2D eigenvalue weighted by Gasteiger charge is 2.34. The van der Waals surface area contributed by atoms with Crippen LogP contribution in [0.4, 0.5) is 0 Å². The Labute approximate surface area is 205 Å². The van der Waals surface area contributed by atoms with Gasteiger partial charge in [-0.2, -0.15) is 0 Å². The standard InChI is InChI=1S/C29H30N4O2/c1-20(2)26(30-17-10-18-32-28(34)22-13-6-7-14-23(22)29(32)35)27-31-24-15-8-9-16-25(24)33(27)19-21-11-4-3-5-12-21/h3-9,11-16,20,26,30H,10,17-19H2,1-2H3/t26-/m1/s1. The molecule has 0 unspecified atom stereocenters. The number of carbonyl (C=O) groups excluding carboxylic acids is 2. The molecule has 35 heavy (non-hydrogen) atoms. The summed E-state index contributed by atoms with van der Waals surface area (Å²) in [5, 5.41) is 3.66. The van der Waals surface area contributed by atoms with E-state index in [2.05, 4.69) is 66.2 Å². The Morgan fingerprint density at radius 3 is 2.14 bits per heavy atom. The first-order valence-electron chi connectivity index (χ1n) is 12.2. The average molecular weight is 467 g/mol. The predicted molar refractivity (Wildman–Crippen MR) is 137 cm³/mol. The van der Waals surface area contributed by atoms with Crippen molar-refractivity contribution in [3.05, 3.63) is 101 Å². The molecule has 1 aliphatic rings. The van der Waals surface area contributed by atoms with E-state index in [1.54, 1.807) is 24.3 Å². The number of carbonyl (C=O) groups is 2. The van der Waals surface area contributed by atoms with Crippen LogP contribution in [0.2, 0.25) is 0 Å². The quantitative estimate of drug-likeness (QED) is 0.277. The van der Waals surface area contributed by atoms with Gasteiger partial charge in [0.05, 0.1) is 28.2 Å². The minimum absolute atomic E-state index is 0.0355. The first-order valence-corrected chi connectivity index (χ1v) is 12.2. The second-order valence-electron chi connectivity index (χ2n) is 9.37. The average Bonchev–Trinajstić information content (AvgIpc) is 3.35. The molecule has 1 atom stereocenters. The van der Waals surface area contributed by atoms with Crippen LogP contribution in [-0.2, 0) is 6.54 Å². The third kappa shape index (κ3) is 4.49. The number of nitrogens with zero attached hydrogens (tertiary/aromatic N) is 3. The Morgan fingerprint density at radius 2 is 1.46 bits per heavy atom. The monoisotopic (exact) mass is 466 g/mol. The molecule has 6 heteroatoms. The fraction of sp³-hybridized carbons (Fsp3) is 0.276. The molecule has 4 aromatic rings. The Kier molecular flexibility index (Phi) is 6.47. The van der Waals surface area contributed by atoms with Gasteiger partial charge in [-0.25, -0.2) is 4.98 Å². The zero-order valence-electron chi connectivity index (χ0n) is 20.1. The maximum absolute atomic E-state index is 12.7. The molecule has 2 amide bonds. The zero-order chi connectivity index (χ0) is 24.4. The predicted octanol–water partition coefficient (Wildman–Crippen LogP) is 5.06. The second-order valence-corrected chi connectivity index (χ2v) is 9.37. The minimum Gasteiger partial charge on any atom is -0.322 e. The molecule has 0 fully saturated rings. The van der Waals surface area contributed by atoms with Gasteiger partial charge in [0, 0.05) is 13.1 Å². The number of rotatable bonds is 9. The third-order valence-corrected chi connectivity index (χ3v) is 6.61. The summed E-state index contributed by atoms with van der Waals surface area (Å²) < 4.78 is 2.30. The number of benzene rings is 3. The first kappa shape index (κ1) is 23.0.